The Hall–Kier alpha value is -0.960. The summed E-state index contributed by atoms with van der Waals surface area (Å²) in [7, 11) is 0. The molecule has 2 atom stereocenters. The van der Waals surface area contributed by atoms with Crippen LogP contribution in [0.3, 0.4) is 0 Å². The maximum atomic E-state index is 13.7. The van der Waals surface area contributed by atoms with Crippen LogP contribution in [-0.2, 0) is 12.8 Å². The highest BCUT2D eigenvalue weighted by Crippen LogP contribution is 2.25. The molecule has 18 heavy (non-hydrogen) atoms. The third kappa shape index (κ3) is 3.08. The molecule has 0 aliphatic heterocycles. The van der Waals surface area contributed by atoms with E-state index < -0.39 is 5.82 Å². The van der Waals surface area contributed by atoms with Gasteiger partial charge in [0.1, 0.15) is 11.6 Å². The minimum absolute atomic E-state index is 0.319. The molecule has 1 aromatic rings. The van der Waals surface area contributed by atoms with Crippen molar-refractivity contribution < 1.29 is 8.78 Å². The summed E-state index contributed by atoms with van der Waals surface area (Å²) in [5.41, 5.74) is 1.54. The van der Waals surface area contributed by atoms with Crippen LogP contribution < -0.4 is 5.32 Å². The predicted molar refractivity (Wildman–Crippen MR) is 69.7 cm³/mol. The van der Waals surface area contributed by atoms with Crippen molar-refractivity contribution in [3.8, 4) is 0 Å². The van der Waals surface area contributed by atoms with Gasteiger partial charge in [-0.1, -0.05) is 13.3 Å². The lowest BCUT2D eigenvalue weighted by Gasteiger charge is -2.28. The minimum atomic E-state index is -0.461. The zero-order chi connectivity index (χ0) is 13.1. The average Bonchev–Trinajstić information content (AvgIpc) is 2.30. The summed E-state index contributed by atoms with van der Waals surface area (Å²) in [6.07, 6.45) is 4.69. The fraction of sp³-hybridized carbons (Fsp3) is 0.600. The van der Waals surface area contributed by atoms with Gasteiger partial charge in [-0.3, -0.25) is 0 Å². The number of benzene rings is 1. The van der Waals surface area contributed by atoms with Crippen LogP contribution >= 0.6 is 0 Å². The van der Waals surface area contributed by atoms with Crippen LogP contribution in [0.1, 0.15) is 44.2 Å². The molecular weight excluding hydrogens is 232 g/mol. The highest BCUT2D eigenvalue weighted by Gasteiger charge is 2.23. The van der Waals surface area contributed by atoms with Crippen molar-refractivity contribution in [1.82, 2.24) is 5.32 Å². The van der Waals surface area contributed by atoms with Gasteiger partial charge in [0.2, 0.25) is 0 Å². The van der Waals surface area contributed by atoms with Crippen molar-refractivity contribution in [3.63, 3.8) is 0 Å². The van der Waals surface area contributed by atoms with E-state index in [0.29, 0.717) is 24.1 Å². The van der Waals surface area contributed by atoms with Crippen LogP contribution in [0.25, 0.3) is 0 Å². The molecule has 3 heteroatoms. The number of halogens is 2. The van der Waals surface area contributed by atoms with Gasteiger partial charge in [0.15, 0.2) is 0 Å². The average molecular weight is 253 g/mol. The maximum absolute atomic E-state index is 13.7. The molecule has 0 spiro atoms. The minimum Gasteiger partial charge on any atom is -0.311 e. The van der Waals surface area contributed by atoms with E-state index in [1.165, 1.54) is 6.07 Å². The molecule has 2 unspecified atom stereocenters. The lowest BCUT2D eigenvalue weighted by molar-refractivity contribution is 0.385. The second-order valence-electron chi connectivity index (χ2n) is 5.32. The van der Waals surface area contributed by atoms with Gasteiger partial charge < -0.3 is 5.32 Å². The van der Waals surface area contributed by atoms with Crippen LogP contribution in [-0.4, -0.2) is 12.1 Å². The zero-order valence-electron chi connectivity index (χ0n) is 11.1. The summed E-state index contributed by atoms with van der Waals surface area (Å²) in [5, 5.41) is 3.54. The first kappa shape index (κ1) is 13.5. The normalized spacial score (nSPS) is 20.6. The second kappa shape index (κ2) is 5.79. The van der Waals surface area contributed by atoms with Crippen molar-refractivity contribution in [1.29, 1.82) is 0 Å². The van der Waals surface area contributed by atoms with Gasteiger partial charge in [0.25, 0.3) is 0 Å². The van der Waals surface area contributed by atoms with Gasteiger partial charge in [0, 0.05) is 18.2 Å². The number of hydrogen-bond acceptors (Lipinski definition) is 1. The number of nitrogens with one attached hydrogen (secondary N) is 1. The summed E-state index contributed by atoms with van der Waals surface area (Å²) in [6.45, 7) is 4.33. The Kier molecular flexibility index (Phi) is 4.33. The van der Waals surface area contributed by atoms with Crippen LogP contribution in [0.2, 0.25) is 0 Å². The summed E-state index contributed by atoms with van der Waals surface area (Å²) in [4.78, 5) is 0. The van der Waals surface area contributed by atoms with Gasteiger partial charge in [-0.2, -0.15) is 0 Å². The van der Waals surface area contributed by atoms with Crippen molar-refractivity contribution >= 4 is 0 Å². The monoisotopic (exact) mass is 253 g/mol. The molecule has 0 fully saturated rings. The fourth-order valence-corrected chi connectivity index (χ4v) is 2.85. The quantitative estimate of drug-likeness (QED) is 0.864. The number of aryl methyl sites for hydroxylation is 1. The largest absolute Gasteiger partial charge is 0.311 e. The van der Waals surface area contributed by atoms with E-state index >= 15 is 0 Å². The standard InChI is InChI=1S/C15H21F2N/c1-3-4-10(2)18-13-6-5-11-7-12(16)8-15(17)14(11)9-13/h7-8,10,13,18H,3-6,9H2,1-2H3. The van der Waals surface area contributed by atoms with Gasteiger partial charge in [-0.25, -0.2) is 8.78 Å². The first-order valence-corrected chi connectivity index (χ1v) is 6.83. The highest BCUT2D eigenvalue weighted by atomic mass is 19.1. The van der Waals surface area contributed by atoms with Crippen molar-refractivity contribution in [2.45, 2.75) is 58.0 Å². The van der Waals surface area contributed by atoms with E-state index in [-0.39, 0.29) is 5.82 Å². The summed E-state index contributed by atoms with van der Waals surface area (Å²) in [6, 6.07) is 3.25. The van der Waals surface area contributed by atoms with Crippen LogP contribution in [0.5, 0.6) is 0 Å². The lowest BCUT2D eigenvalue weighted by Crippen LogP contribution is -2.40. The first-order chi connectivity index (χ1) is 8.60. The number of fused-ring (bicyclic) bond motifs is 1. The lowest BCUT2D eigenvalue weighted by atomic mass is 9.87. The van der Waals surface area contributed by atoms with Crippen molar-refractivity contribution in [2.75, 3.05) is 0 Å². The highest BCUT2D eigenvalue weighted by molar-refractivity contribution is 5.32. The molecule has 1 aliphatic carbocycles. The molecule has 0 amide bonds. The molecule has 0 saturated carbocycles. The van der Waals surface area contributed by atoms with E-state index in [0.717, 1.165) is 37.3 Å². The van der Waals surface area contributed by atoms with Gasteiger partial charge in [-0.15, -0.1) is 0 Å². The van der Waals surface area contributed by atoms with E-state index in [1.807, 2.05) is 0 Å². The Morgan fingerprint density at radius 1 is 1.39 bits per heavy atom. The van der Waals surface area contributed by atoms with Crippen LogP contribution in [0.4, 0.5) is 8.78 Å². The third-order valence-electron chi connectivity index (χ3n) is 3.71. The van der Waals surface area contributed by atoms with Crippen LogP contribution in [0, 0.1) is 11.6 Å². The Morgan fingerprint density at radius 2 is 2.17 bits per heavy atom. The Labute approximate surface area is 108 Å². The van der Waals surface area contributed by atoms with Crippen LogP contribution in [0.15, 0.2) is 12.1 Å². The van der Waals surface area contributed by atoms with E-state index in [1.54, 1.807) is 0 Å². The summed E-state index contributed by atoms with van der Waals surface area (Å²) >= 11 is 0. The number of hydrogen-bond donors (Lipinski definition) is 1. The molecule has 100 valence electrons. The third-order valence-corrected chi connectivity index (χ3v) is 3.71. The van der Waals surface area contributed by atoms with E-state index in [4.69, 9.17) is 0 Å². The maximum Gasteiger partial charge on any atom is 0.129 e. The molecule has 0 aromatic heterocycles. The molecule has 1 aliphatic rings. The van der Waals surface area contributed by atoms with Gasteiger partial charge in [-0.05, 0) is 49.8 Å². The summed E-state index contributed by atoms with van der Waals surface area (Å²) < 4.78 is 26.8. The topological polar surface area (TPSA) is 12.0 Å². The molecule has 1 nitrogen and oxygen atoms in total. The van der Waals surface area contributed by atoms with Crippen molar-refractivity contribution in [3.05, 3.63) is 34.9 Å². The Bertz CT molecular complexity index is 417. The molecule has 2 rings (SSSR count). The molecular formula is C15H21F2N. The Morgan fingerprint density at radius 3 is 2.89 bits per heavy atom. The predicted octanol–water partition coefficient (Wildman–Crippen LogP) is 3.60. The molecule has 1 N–H and O–H groups in total. The molecule has 1 aromatic carbocycles. The smallest absolute Gasteiger partial charge is 0.129 e. The Balaban J connectivity index is 2.05. The van der Waals surface area contributed by atoms with E-state index in [9.17, 15) is 8.78 Å². The molecule has 0 bridgehead atoms. The zero-order valence-corrected chi connectivity index (χ0v) is 11.1. The fourth-order valence-electron chi connectivity index (χ4n) is 2.85. The molecule has 0 heterocycles. The first-order valence-electron chi connectivity index (χ1n) is 6.83. The van der Waals surface area contributed by atoms with Gasteiger partial charge >= 0.3 is 0 Å². The number of rotatable bonds is 4. The van der Waals surface area contributed by atoms with E-state index in [2.05, 4.69) is 19.2 Å². The second-order valence-corrected chi connectivity index (χ2v) is 5.32. The summed E-state index contributed by atoms with van der Waals surface area (Å²) in [5.74, 6) is -0.850. The SMILES string of the molecule is CCCC(C)NC1CCc2cc(F)cc(F)c2C1. The molecule has 0 radical (unpaired) electrons. The van der Waals surface area contributed by atoms with Crippen molar-refractivity contribution in [2.24, 2.45) is 0 Å². The van der Waals surface area contributed by atoms with Gasteiger partial charge in [0.05, 0.1) is 0 Å². The molecule has 0 saturated heterocycles.